The Balaban J connectivity index is 1.97. The highest BCUT2D eigenvalue weighted by molar-refractivity contribution is 6.62. The molecular formula is C19H31BN2O2. The van der Waals surface area contributed by atoms with E-state index in [1.807, 2.05) is 6.92 Å². The number of benzene rings is 1. The van der Waals surface area contributed by atoms with Gasteiger partial charge >= 0.3 is 7.12 Å². The van der Waals surface area contributed by atoms with Gasteiger partial charge in [-0.05, 0) is 77.5 Å². The Kier molecular flexibility index (Phi) is 4.48. The lowest BCUT2D eigenvalue weighted by Crippen LogP contribution is -2.41. The first-order chi connectivity index (χ1) is 11.1. The average molecular weight is 330 g/mol. The maximum absolute atomic E-state index is 6.25. The van der Waals surface area contributed by atoms with Crippen LogP contribution in [-0.4, -0.2) is 30.9 Å². The van der Waals surface area contributed by atoms with Gasteiger partial charge < -0.3 is 19.9 Å². The van der Waals surface area contributed by atoms with E-state index in [2.05, 4.69) is 57.7 Å². The Bertz CT molecular complexity index is 599. The molecule has 0 spiro atoms. The quantitative estimate of drug-likeness (QED) is 0.866. The van der Waals surface area contributed by atoms with Crippen molar-refractivity contribution in [3.8, 4) is 0 Å². The molecule has 2 heterocycles. The highest BCUT2D eigenvalue weighted by atomic mass is 16.7. The molecule has 1 unspecified atom stereocenters. The molecule has 2 saturated heterocycles. The number of nitrogens with zero attached hydrogens (tertiary/aromatic N) is 1. The molecule has 2 aliphatic heterocycles. The topological polar surface area (TPSA) is 47.7 Å². The molecule has 2 N–H and O–H groups in total. The van der Waals surface area contributed by atoms with Crippen molar-refractivity contribution in [3.05, 3.63) is 23.8 Å². The van der Waals surface area contributed by atoms with Gasteiger partial charge in [0.2, 0.25) is 0 Å². The Morgan fingerprint density at radius 2 is 1.79 bits per heavy atom. The Hall–Kier alpha value is -1.04. The minimum absolute atomic E-state index is 0.0102. The summed E-state index contributed by atoms with van der Waals surface area (Å²) in [6, 6.07) is 7.14. The fourth-order valence-electron chi connectivity index (χ4n) is 3.52. The maximum atomic E-state index is 6.25. The van der Waals surface area contributed by atoms with Gasteiger partial charge in [0.25, 0.3) is 0 Å². The van der Waals surface area contributed by atoms with E-state index in [0.717, 1.165) is 17.6 Å². The van der Waals surface area contributed by atoms with E-state index in [1.54, 1.807) is 0 Å². The second-order valence-corrected chi connectivity index (χ2v) is 8.42. The molecule has 1 aromatic rings. The molecule has 0 bridgehead atoms. The number of hydrogen-bond acceptors (Lipinski definition) is 4. The fraction of sp³-hybridized carbons (Fsp3) is 0.684. The number of nitrogens with two attached hydrogens (primary N) is 1. The third-order valence-corrected chi connectivity index (χ3v) is 5.90. The van der Waals surface area contributed by atoms with Gasteiger partial charge in [0.1, 0.15) is 0 Å². The predicted octanol–water partition coefficient (Wildman–Crippen LogP) is 2.99. The smallest absolute Gasteiger partial charge is 0.399 e. The van der Waals surface area contributed by atoms with Gasteiger partial charge in [0.15, 0.2) is 0 Å². The van der Waals surface area contributed by atoms with Crippen LogP contribution in [-0.2, 0) is 9.31 Å². The zero-order valence-corrected chi connectivity index (χ0v) is 15.9. The lowest BCUT2D eigenvalue weighted by atomic mass is 9.77. The van der Waals surface area contributed by atoms with Crippen molar-refractivity contribution in [3.63, 3.8) is 0 Å². The monoisotopic (exact) mass is 330 g/mol. The largest absolute Gasteiger partial charge is 0.494 e. The molecule has 3 rings (SSSR count). The van der Waals surface area contributed by atoms with Crippen LogP contribution < -0.4 is 16.1 Å². The molecule has 0 aromatic heterocycles. The van der Waals surface area contributed by atoms with E-state index in [4.69, 9.17) is 15.0 Å². The molecule has 2 aliphatic rings. The second-order valence-electron chi connectivity index (χ2n) is 8.42. The molecule has 132 valence electrons. The Morgan fingerprint density at radius 1 is 1.17 bits per heavy atom. The minimum atomic E-state index is -0.342. The van der Waals surface area contributed by atoms with Crippen molar-refractivity contribution < 1.29 is 9.31 Å². The normalized spacial score (nSPS) is 26.9. The van der Waals surface area contributed by atoms with Crippen molar-refractivity contribution in [1.29, 1.82) is 0 Å². The molecular weight excluding hydrogens is 299 g/mol. The number of rotatable bonds is 3. The molecule has 24 heavy (non-hydrogen) atoms. The summed E-state index contributed by atoms with van der Waals surface area (Å²) in [7, 11) is -0.342. The van der Waals surface area contributed by atoms with Gasteiger partial charge in [0, 0.05) is 24.3 Å². The maximum Gasteiger partial charge on any atom is 0.494 e. The molecule has 5 heteroatoms. The standard InChI is InChI=1S/C19H31BN2O2/c1-13-8-7-9-22(13)17-11-15(14(2)21)10-16(12-17)20-23-18(3,4)19(5,6)24-20/h10-14H,7-9,21H2,1-6H3/t13-,14?/m1/s1. The summed E-state index contributed by atoms with van der Waals surface area (Å²) >= 11 is 0. The average Bonchev–Trinajstić information content (AvgIpc) is 2.99. The van der Waals surface area contributed by atoms with Crippen LogP contribution in [0.3, 0.4) is 0 Å². The van der Waals surface area contributed by atoms with Gasteiger partial charge in [0.05, 0.1) is 11.2 Å². The lowest BCUT2D eigenvalue weighted by Gasteiger charge is -2.32. The van der Waals surface area contributed by atoms with Crippen LogP contribution >= 0.6 is 0 Å². The molecule has 0 radical (unpaired) electrons. The number of anilines is 1. The van der Waals surface area contributed by atoms with Crippen molar-refractivity contribution in [1.82, 2.24) is 0 Å². The van der Waals surface area contributed by atoms with Crippen LogP contribution in [0.25, 0.3) is 0 Å². The van der Waals surface area contributed by atoms with Crippen LogP contribution in [0.5, 0.6) is 0 Å². The van der Waals surface area contributed by atoms with Gasteiger partial charge in [-0.25, -0.2) is 0 Å². The van der Waals surface area contributed by atoms with Crippen LogP contribution in [0.4, 0.5) is 5.69 Å². The molecule has 2 fully saturated rings. The van der Waals surface area contributed by atoms with E-state index in [0.29, 0.717) is 6.04 Å². The van der Waals surface area contributed by atoms with E-state index in [9.17, 15) is 0 Å². The van der Waals surface area contributed by atoms with Crippen molar-refractivity contribution >= 4 is 18.3 Å². The molecule has 0 amide bonds. The summed E-state index contributed by atoms with van der Waals surface area (Å²) in [6.07, 6.45) is 2.49. The first kappa shape index (κ1) is 17.8. The SMILES string of the molecule is CC(N)c1cc(B2OC(C)(C)C(C)(C)O2)cc(N2CCC[C@H]2C)c1. The summed E-state index contributed by atoms with van der Waals surface area (Å²) in [5, 5.41) is 0. The van der Waals surface area contributed by atoms with Gasteiger partial charge in [-0.1, -0.05) is 6.07 Å². The third-order valence-electron chi connectivity index (χ3n) is 5.90. The van der Waals surface area contributed by atoms with Crippen molar-refractivity contribution in [2.45, 2.75) is 77.7 Å². The summed E-state index contributed by atoms with van der Waals surface area (Å²) in [5.74, 6) is 0. The highest BCUT2D eigenvalue weighted by Crippen LogP contribution is 2.37. The van der Waals surface area contributed by atoms with Gasteiger partial charge in [-0.15, -0.1) is 0 Å². The Morgan fingerprint density at radius 3 is 2.29 bits per heavy atom. The molecule has 0 aliphatic carbocycles. The zero-order valence-electron chi connectivity index (χ0n) is 15.9. The predicted molar refractivity (Wildman–Crippen MR) is 101 cm³/mol. The van der Waals surface area contributed by atoms with E-state index >= 15 is 0 Å². The van der Waals surface area contributed by atoms with Crippen LogP contribution in [0.2, 0.25) is 0 Å². The fourth-order valence-corrected chi connectivity index (χ4v) is 3.52. The van der Waals surface area contributed by atoms with Crippen molar-refractivity contribution in [2.75, 3.05) is 11.4 Å². The molecule has 4 nitrogen and oxygen atoms in total. The van der Waals surface area contributed by atoms with Crippen LogP contribution in [0, 0.1) is 0 Å². The minimum Gasteiger partial charge on any atom is -0.399 e. The van der Waals surface area contributed by atoms with Crippen LogP contribution in [0.15, 0.2) is 18.2 Å². The summed E-state index contributed by atoms with van der Waals surface area (Å²) < 4.78 is 12.5. The van der Waals surface area contributed by atoms with Crippen LogP contribution in [0.1, 0.15) is 66.0 Å². The first-order valence-electron chi connectivity index (χ1n) is 9.13. The zero-order chi connectivity index (χ0) is 17.7. The first-order valence-corrected chi connectivity index (χ1v) is 9.13. The van der Waals surface area contributed by atoms with Crippen molar-refractivity contribution in [2.24, 2.45) is 5.73 Å². The van der Waals surface area contributed by atoms with Gasteiger partial charge in [-0.2, -0.15) is 0 Å². The summed E-state index contributed by atoms with van der Waals surface area (Å²) in [6.45, 7) is 13.8. The summed E-state index contributed by atoms with van der Waals surface area (Å²) in [5.41, 5.74) is 8.97. The second kappa shape index (κ2) is 6.04. The Labute approximate surface area is 146 Å². The van der Waals surface area contributed by atoms with Gasteiger partial charge in [-0.3, -0.25) is 0 Å². The lowest BCUT2D eigenvalue weighted by molar-refractivity contribution is 0.00578. The summed E-state index contributed by atoms with van der Waals surface area (Å²) in [4.78, 5) is 2.47. The van der Waals surface area contributed by atoms with E-state index in [-0.39, 0.29) is 24.4 Å². The highest BCUT2D eigenvalue weighted by Gasteiger charge is 2.51. The number of hydrogen-bond donors (Lipinski definition) is 1. The van der Waals surface area contributed by atoms with E-state index in [1.165, 1.54) is 18.5 Å². The molecule has 1 aromatic carbocycles. The molecule has 0 saturated carbocycles. The van der Waals surface area contributed by atoms with E-state index < -0.39 is 0 Å². The molecule has 2 atom stereocenters. The third kappa shape index (κ3) is 3.09.